The van der Waals surface area contributed by atoms with Crippen molar-refractivity contribution in [1.29, 1.82) is 0 Å². The minimum Gasteiger partial charge on any atom is -0.465 e. The smallest absolute Gasteiger partial charge is 0.319 e. The van der Waals surface area contributed by atoms with Gasteiger partial charge in [0, 0.05) is 17.4 Å². The van der Waals surface area contributed by atoms with Crippen LogP contribution in [0.2, 0.25) is 0 Å². The molecule has 0 saturated heterocycles. The number of ether oxygens (including phenoxy) is 1. The zero-order chi connectivity index (χ0) is 21.8. The summed E-state index contributed by atoms with van der Waals surface area (Å²) < 4.78 is 7.37. The van der Waals surface area contributed by atoms with Gasteiger partial charge in [-0.25, -0.2) is 9.97 Å². The number of benzene rings is 2. The van der Waals surface area contributed by atoms with Crippen LogP contribution >= 0.6 is 11.8 Å². The van der Waals surface area contributed by atoms with Crippen LogP contribution in [-0.2, 0) is 9.53 Å². The van der Waals surface area contributed by atoms with Crippen molar-refractivity contribution in [3.8, 4) is 16.8 Å². The van der Waals surface area contributed by atoms with Crippen molar-refractivity contribution < 1.29 is 9.53 Å². The van der Waals surface area contributed by atoms with Gasteiger partial charge in [0.2, 0.25) is 0 Å². The van der Waals surface area contributed by atoms with Crippen LogP contribution in [0.15, 0.2) is 72.1 Å². The molecule has 0 aliphatic rings. The lowest BCUT2D eigenvalue weighted by Crippen LogP contribution is -2.19. The molecule has 0 aliphatic heterocycles. The molecule has 2 aromatic carbocycles. The van der Waals surface area contributed by atoms with Crippen LogP contribution in [0, 0.1) is 6.92 Å². The quantitative estimate of drug-likeness (QED) is 0.209. The molecule has 0 saturated carbocycles. The first-order chi connectivity index (χ1) is 15.1. The van der Waals surface area contributed by atoms with Crippen molar-refractivity contribution in [2.75, 3.05) is 6.61 Å². The Morgan fingerprint density at radius 3 is 2.61 bits per heavy atom. The minimum atomic E-state index is -0.316. The Bertz CT molecular complexity index is 1200. The van der Waals surface area contributed by atoms with Gasteiger partial charge < -0.3 is 9.30 Å². The van der Waals surface area contributed by atoms with E-state index in [1.54, 1.807) is 6.33 Å². The molecular weight excluding hydrogens is 406 g/mol. The summed E-state index contributed by atoms with van der Waals surface area (Å²) in [6.45, 7) is 6.26. The van der Waals surface area contributed by atoms with Gasteiger partial charge in [0.15, 0.2) is 0 Å². The molecule has 31 heavy (non-hydrogen) atoms. The molecule has 0 aliphatic carbocycles. The van der Waals surface area contributed by atoms with E-state index in [1.165, 1.54) is 17.3 Å². The molecule has 5 nitrogen and oxygen atoms in total. The molecule has 0 unspecified atom stereocenters. The largest absolute Gasteiger partial charge is 0.465 e. The van der Waals surface area contributed by atoms with Gasteiger partial charge >= 0.3 is 5.97 Å². The number of hydrogen-bond acceptors (Lipinski definition) is 5. The van der Waals surface area contributed by atoms with Crippen molar-refractivity contribution >= 4 is 28.8 Å². The number of thioether (sulfide) groups is 1. The molecule has 4 aromatic rings. The average Bonchev–Trinajstić information content (AvgIpc) is 3.19. The van der Waals surface area contributed by atoms with E-state index in [2.05, 4.69) is 58.0 Å². The first kappa shape index (κ1) is 21.1. The maximum Gasteiger partial charge on any atom is 0.319 e. The fourth-order valence-corrected chi connectivity index (χ4v) is 4.63. The van der Waals surface area contributed by atoms with Gasteiger partial charge in [0.25, 0.3) is 0 Å². The molecule has 2 heterocycles. The first-order valence-electron chi connectivity index (χ1n) is 10.4. The van der Waals surface area contributed by atoms with E-state index < -0.39 is 0 Å². The summed E-state index contributed by atoms with van der Waals surface area (Å²) in [5.41, 5.74) is 5.16. The zero-order valence-electron chi connectivity index (χ0n) is 17.9. The van der Waals surface area contributed by atoms with Crippen molar-refractivity contribution in [2.45, 2.75) is 37.5 Å². The minimum absolute atomic E-state index is 0.207. The Balaban J connectivity index is 1.91. The second-order valence-corrected chi connectivity index (χ2v) is 8.45. The summed E-state index contributed by atoms with van der Waals surface area (Å²) in [7, 11) is 0. The highest BCUT2D eigenvalue weighted by molar-refractivity contribution is 8.00. The molecule has 4 rings (SSSR count). The van der Waals surface area contributed by atoms with E-state index >= 15 is 0 Å². The Labute approximate surface area is 186 Å². The van der Waals surface area contributed by atoms with Crippen LogP contribution in [0.25, 0.3) is 27.8 Å². The number of hydrogen-bond donors (Lipinski definition) is 0. The molecule has 0 amide bonds. The van der Waals surface area contributed by atoms with E-state index in [1.807, 2.05) is 38.1 Å². The highest BCUT2D eigenvalue weighted by Gasteiger charge is 2.24. The fraction of sp³-hybridized carbons (Fsp3) is 0.240. The number of carbonyl (C=O) groups is 1. The van der Waals surface area contributed by atoms with Gasteiger partial charge in [0.05, 0.1) is 12.0 Å². The van der Waals surface area contributed by atoms with Crippen molar-refractivity contribution in [2.24, 2.45) is 0 Å². The van der Waals surface area contributed by atoms with Crippen molar-refractivity contribution in [3.05, 3.63) is 72.7 Å². The molecule has 6 heteroatoms. The van der Waals surface area contributed by atoms with Gasteiger partial charge in [-0.1, -0.05) is 61.2 Å². The van der Waals surface area contributed by atoms with Crippen LogP contribution < -0.4 is 0 Å². The zero-order valence-corrected chi connectivity index (χ0v) is 18.7. The standard InChI is InChI=1S/C25H25N3O2S/c1-4-21(25(29)30-5-2)31-24-22-20(18-11-7-6-8-12-18)15-28(23(22)26-16-27-24)19-13-9-10-17(3)14-19/h6-16,21H,4-5H2,1-3H3/t21-/m1/s1. The molecule has 2 aromatic heterocycles. The van der Waals surface area contributed by atoms with Gasteiger partial charge in [-0.05, 0) is 43.5 Å². The molecule has 0 N–H and O–H groups in total. The van der Waals surface area contributed by atoms with E-state index in [0.29, 0.717) is 13.0 Å². The SMILES string of the molecule is CCOC(=O)[C@@H](CC)Sc1ncnc2c1c(-c1ccccc1)cn2-c1cccc(C)c1. The molecule has 0 bridgehead atoms. The van der Waals surface area contributed by atoms with Crippen LogP contribution in [0.4, 0.5) is 0 Å². The van der Waals surface area contributed by atoms with Gasteiger partial charge in [-0.2, -0.15) is 0 Å². The Hall–Kier alpha value is -3.12. The molecular formula is C25H25N3O2S. The summed E-state index contributed by atoms with van der Waals surface area (Å²) >= 11 is 1.45. The Morgan fingerprint density at radius 2 is 1.90 bits per heavy atom. The van der Waals surface area contributed by atoms with Crippen LogP contribution in [-0.4, -0.2) is 32.4 Å². The second-order valence-electron chi connectivity index (χ2n) is 7.26. The third-order valence-electron chi connectivity index (χ3n) is 5.09. The topological polar surface area (TPSA) is 57.0 Å². The van der Waals surface area contributed by atoms with E-state index in [4.69, 9.17) is 4.74 Å². The normalized spacial score (nSPS) is 12.1. The van der Waals surface area contributed by atoms with E-state index in [0.717, 1.165) is 32.9 Å². The number of nitrogens with zero attached hydrogens (tertiary/aromatic N) is 3. The molecule has 158 valence electrons. The van der Waals surface area contributed by atoms with E-state index in [-0.39, 0.29) is 11.2 Å². The molecule has 1 atom stereocenters. The third kappa shape index (κ3) is 4.35. The number of aromatic nitrogens is 3. The summed E-state index contributed by atoms with van der Waals surface area (Å²) in [5, 5.41) is 1.42. The summed E-state index contributed by atoms with van der Waals surface area (Å²) in [6.07, 6.45) is 4.34. The Morgan fingerprint density at radius 1 is 1.10 bits per heavy atom. The number of rotatable bonds is 7. The number of carbonyl (C=O) groups excluding carboxylic acids is 1. The van der Waals surface area contributed by atoms with Gasteiger partial charge in [0.1, 0.15) is 22.3 Å². The highest BCUT2D eigenvalue weighted by Crippen LogP contribution is 2.38. The van der Waals surface area contributed by atoms with Crippen LogP contribution in [0.1, 0.15) is 25.8 Å². The predicted molar refractivity (Wildman–Crippen MR) is 126 cm³/mol. The molecule has 0 fully saturated rings. The molecule has 0 radical (unpaired) electrons. The molecule has 0 spiro atoms. The second kappa shape index (κ2) is 9.35. The van der Waals surface area contributed by atoms with Crippen LogP contribution in [0.5, 0.6) is 0 Å². The summed E-state index contributed by atoms with van der Waals surface area (Å²) in [4.78, 5) is 21.7. The first-order valence-corrected chi connectivity index (χ1v) is 11.3. The fourth-order valence-electron chi connectivity index (χ4n) is 3.60. The summed E-state index contributed by atoms with van der Waals surface area (Å²) in [5.74, 6) is -0.207. The number of fused-ring (bicyclic) bond motifs is 1. The highest BCUT2D eigenvalue weighted by atomic mass is 32.2. The lowest BCUT2D eigenvalue weighted by molar-refractivity contribution is -0.142. The average molecular weight is 432 g/mol. The van der Waals surface area contributed by atoms with Crippen LogP contribution in [0.3, 0.4) is 0 Å². The van der Waals surface area contributed by atoms with Gasteiger partial charge in [-0.3, -0.25) is 4.79 Å². The lowest BCUT2D eigenvalue weighted by atomic mass is 10.1. The Kier molecular flexibility index (Phi) is 6.37. The van der Waals surface area contributed by atoms with Crippen molar-refractivity contribution in [1.82, 2.24) is 14.5 Å². The van der Waals surface area contributed by atoms with Gasteiger partial charge in [-0.15, -0.1) is 0 Å². The van der Waals surface area contributed by atoms with Crippen molar-refractivity contribution in [3.63, 3.8) is 0 Å². The number of aryl methyl sites for hydroxylation is 1. The maximum atomic E-state index is 12.4. The van der Waals surface area contributed by atoms with E-state index in [9.17, 15) is 4.79 Å². The maximum absolute atomic E-state index is 12.4. The third-order valence-corrected chi connectivity index (χ3v) is 6.43. The monoisotopic (exact) mass is 431 g/mol. The summed E-state index contributed by atoms with van der Waals surface area (Å²) in [6, 6.07) is 18.5. The lowest BCUT2D eigenvalue weighted by Gasteiger charge is -2.13. The predicted octanol–water partition coefficient (Wildman–Crippen LogP) is 5.83. The number of esters is 1.